The molecule has 130 valence electrons. The van der Waals surface area contributed by atoms with Crippen molar-refractivity contribution in [2.75, 3.05) is 18.0 Å². The van der Waals surface area contributed by atoms with Gasteiger partial charge in [0.15, 0.2) is 5.82 Å². The summed E-state index contributed by atoms with van der Waals surface area (Å²) in [6, 6.07) is 7.43. The van der Waals surface area contributed by atoms with Gasteiger partial charge < -0.3 is 14.5 Å². The lowest BCUT2D eigenvalue weighted by Gasteiger charge is -2.40. The van der Waals surface area contributed by atoms with E-state index in [1.54, 1.807) is 12.1 Å². The maximum atomic E-state index is 11.0. The van der Waals surface area contributed by atoms with Gasteiger partial charge in [0.25, 0.3) is 0 Å². The lowest BCUT2D eigenvalue weighted by molar-refractivity contribution is 0.0193. The van der Waals surface area contributed by atoms with Gasteiger partial charge in [0.2, 0.25) is 5.89 Å². The second-order valence-electron chi connectivity index (χ2n) is 7.02. The van der Waals surface area contributed by atoms with Crippen molar-refractivity contribution in [2.45, 2.75) is 43.6 Å². The van der Waals surface area contributed by atoms with Crippen molar-refractivity contribution in [3.8, 4) is 6.07 Å². The van der Waals surface area contributed by atoms with E-state index >= 15 is 0 Å². The monoisotopic (exact) mass is 358 g/mol. The van der Waals surface area contributed by atoms with E-state index in [0.29, 0.717) is 41.8 Å². The van der Waals surface area contributed by atoms with Crippen molar-refractivity contribution < 1.29 is 9.63 Å². The summed E-state index contributed by atoms with van der Waals surface area (Å²) < 4.78 is 5.33. The molecule has 1 saturated carbocycles. The van der Waals surface area contributed by atoms with E-state index in [4.69, 9.17) is 21.4 Å². The summed E-state index contributed by atoms with van der Waals surface area (Å²) in [6.45, 7) is 1.30. The van der Waals surface area contributed by atoms with Crippen LogP contribution in [0.25, 0.3) is 0 Å². The van der Waals surface area contributed by atoms with Crippen LogP contribution in [0.4, 0.5) is 5.69 Å². The molecule has 7 heteroatoms. The van der Waals surface area contributed by atoms with Crippen molar-refractivity contribution in [3.05, 3.63) is 40.5 Å². The van der Waals surface area contributed by atoms with E-state index in [2.05, 4.69) is 21.1 Å². The third-order valence-electron chi connectivity index (χ3n) is 4.90. The maximum absolute atomic E-state index is 11.0. The zero-order chi connectivity index (χ0) is 17.4. The Hall–Kier alpha value is -2.10. The molecule has 1 aliphatic heterocycles. The Morgan fingerprint density at radius 1 is 1.44 bits per heavy atom. The predicted octanol–water partition coefficient (Wildman–Crippen LogP) is 3.05. The zero-order valence-corrected chi connectivity index (χ0v) is 14.5. The van der Waals surface area contributed by atoms with Crippen LogP contribution in [-0.4, -0.2) is 33.9 Å². The van der Waals surface area contributed by atoms with Crippen molar-refractivity contribution in [3.63, 3.8) is 0 Å². The molecule has 2 fully saturated rings. The lowest BCUT2D eigenvalue weighted by atomic mass is 9.89. The Morgan fingerprint density at radius 3 is 3.00 bits per heavy atom. The predicted molar refractivity (Wildman–Crippen MR) is 92.5 cm³/mol. The molecule has 6 nitrogen and oxygen atoms in total. The summed E-state index contributed by atoms with van der Waals surface area (Å²) in [5, 5.41) is 24.5. The average molecular weight is 359 g/mol. The average Bonchev–Trinajstić information content (AvgIpc) is 3.35. The summed E-state index contributed by atoms with van der Waals surface area (Å²) >= 11 is 6.14. The fourth-order valence-electron chi connectivity index (χ4n) is 3.40. The van der Waals surface area contributed by atoms with Gasteiger partial charge in [-0.2, -0.15) is 10.2 Å². The van der Waals surface area contributed by atoms with Gasteiger partial charge in [0, 0.05) is 24.7 Å². The number of nitrogens with zero attached hydrogens (tertiary/aromatic N) is 4. The van der Waals surface area contributed by atoms with E-state index in [0.717, 1.165) is 37.3 Å². The summed E-state index contributed by atoms with van der Waals surface area (Å²) in [6.07, 6.45) is 4.15. The molecule has 1 unspecified atom stereocenters. The Morgan fingerprint density at radius 2 is 2.28 bits per heavy atom. The molecule has 0 radical (unpaired) electrons. The van der Waals surface area contributed by atoms with Crippen LogP contribution in [0.1, 0.15) is 48.9 Å². The number of nitriles is 1. The van der Waals surface area contributed by atoms with Crippen LogP contribution in [0.3, 0.4) is 0 Å². The van der Waals surface area contributed by atoms with Crippen LogP contribution in [0, 0.1) is 11.3 Å². The highest BCUT2D eigenvalue weighted by molar-refractivity contribution is 6.32. The first-order valence-electron chi connectivity index (χ1n) is 8.56. The summed E-state index contributed by atoms with van der Waals surface area (Å²) in [5.41, 5.74) is 0.453. The molecule has 1 aromatic carbocycles. The molecule has 1 aromatic heterocycles. The van der Waals surface area contributed by atoms with Crippen molar-refractivity contribution in [1.29, 1.82) is 5.26 Å². The van der Waals surface area contributed by atoms with E-state index < -0.39 is 5.60 Å². The highest BCUT2D eigenvalue weighted by atomic mass is 35.5. The standard InChI is InChI=1S/C18H19ClN4O2/c19-15-8-14(5-4-13(15)10-20)23-7-1-6-18(24,11-23)9-16-21-17(22-25-16)12-2-3-12/h4-5,8,12,24H,1-3,6-7,9,11H2. The van der Waals surface area contributed by atoms with Crippen LogP contribution in [0.15, 0.2) is 22.7 Å². The minimum absolute atomic E-state index is 0.354. The second kappa shape index (κ2) is 6.32. The third-order valence-corrected chi connectivity index (χ3v) is 5.21. The van der Waals surface area contributed by atoms with E-state index in [1.807, 2.05) is 6.07 Å². The number of hydrogen-bond donors (Lipinski definition) is 1. The van der Waals surface area contributed by atoms with Gasteiger partial charge in [-0.1, -0.05) is 16.8 Å². The molecule has 25 heavy (non-hydrogen) atoms. The molecular formula is C18H19ClN4O2. The Labute approximate surface area is 151 Å². The van der Waals surface area contributed by atoms with Crippen molar-refractivity contribution in [2.24, 2.45) is 0 Å². The molecule has 1 atom stereocenters. The Kier molecular flexibility index (Phi) is 4.14. The van der Waals surface area contributed by atoms with Crippen LogP contribution in [-0.2, 0) is 6.42 Å². The minimum atomic E-state index is -0.911. The molecule has 1 aliphatic carbocycles. The summed E-state index contributed by atoms with van der Waals surface area (Å²) in [4.78, 5) is 6.52. The molecule has 1 N–H and O–H groups in total. The van der Waals surface area contributed by atoms with Gasteiger partial charge in [-0.15, -0.1) is 0 Å². The van der Waals surface area contributed by atoms with Gasteiger partial charge in [0.05, 0.1) is 22.6 Å². The number of halogens is 1. The molecule has 0 bridgehead atoms. The first-order valence-corrected chi connectivity index (χ1v) is 8.94. The van der Waals surface area contributed by atoms with Crippen molar-refractivity contribution in [1.82, 2.24) is 10.1 Å². The SMILES string of the molecule is N#Cc1ccc(N2CCCC(O)(Cc3nc(C4CC4)no3)C2)cc1Cl. The molecule has 2 aliphatic rings. The minimum Gasteiger partial charge on any atom is -0.388 e. The number of benzene rings is 1. The van der Waals surface area contributed by atoms with Gasteiger partial charge in [-0.05, 0) is 43.9 Å². The van der Waals surface area contributed by atoms with Crippen LogP contribution in [0.5, 0.6) is 0 Å². The highest BCUT2D eigenvalue weighted by Gasteiger charge is 2.36. The van der Waals surface area contributed by atoms with E-state index in [1.165, 1.54) is 0 Å². The lowest BCUT2D eigenvalue weighted by Crippen LogP contribution is -2.49. The number of aliphatic hydroxyl groups is 1. The maximum Gasteiger partial charge on any atom is 0.229 e. The van der Waals surface area contributed by atoms with Crippen LogP contribution >= 0.6 is 11.6 Å². The molecule has 2 heterocycles. The number of piperidine rings is 1. The van der Waals surface area contributed by atoms with Crippen molar-refractivity contribution >= 4 is 17.3 Å². The number of hydrogen-bond acceptors (Lipinski definition) is 6. The molecule has 4 rings (SSSR count). The van der Waals surface area contributed by atoms with E-state index in [9.17, 15) is 5.11 Å². The second-order valence-corrected chi connectivity index (χ2v) is 7.43. The fourth-order valence-corrected chi connectivity index (χ4v) is 3.61. The smallest absolute Gasteiger partial charge is 0.229 e. The van der Waals surface area contributed by atoms with Gasteiger partial charge in [-0.3, -0.25) is 0 Å². The molecule has 1 saturated heterocycles. The third kappa shape index (κ3) is 3.48. The number of β-amino-alcohol motifs (C(OH)–C–C–N with tert-alkyl or cyclic N) is 1. The quantitative estimate of drug-likeness (QED) is 0.904. The molecular weight excluding hydrogens is 340 g/mol. The zero-order valence-electron chi connectivity index (χ0n) is 13.8. The number of anilines is 1. The molecule has 0 amide bonds. The van der Waals surface area contributed by atoms with Gasteiger partial charge >= 0.3 is 0 Å². The Bertz CT molecular complexity index is 827. The van der Waals surface area contributed by atoms with Gasteiger partial charge in [-0.25, -0.2) is 0 Å². The summed E-state index contributed by atoms with van der Waals surface area (Å²) in [7, 11) is 0. The Balaban J connectivity index is 1.49. The first kappa shape index (κ1) is 16.4. The summed E-state index contributed by atoms with van der Waals surface area (Å²) in [5.74, 6) is 1.71. The number of rotatable bonds is 4. The fraction of sp³-hybridized carbons (Fsp3) is 0.500. The van der Waals surface area contributed by atoms with Gasteiger partial charge in [0.1, 0.15) is 6.07 Å². The molecule has 0 spiro atoms. The topological polar surface area (TPSA) is 86.2 Å². The number of aromatic nitrogens is 2. The highest BCUT2D eigenvalue weighted by Crippen LogP contribution is 2.38. The van der Waals surface area contributed by atoms with E-state index in [-0.39, 0.29) is 0 Å². The normalized spacial score (nSPS) is 23.5. The molecule has 2 aromatic rings. The largest absolute Gasteiger partial charge is 0.388 e. The van der Waals surface area contributed by atoms with Crippen LogP contribution < -0.4 is 4.90 Å². The van der Waals surface area contributed by atoms with Crippen LogP contribution in [0.2, 0.25) is 5.02 Å². The first-order chi connectivity index (χ1) is 12.1.